The van der Waals surface area contributed by atoms with Crippen LogP contribution in [-0.4, -0.2) is 9.55 Å². The molecule has 0 fully saturated rings. The minimum Gasteiger partial charge on any atom is -0.308 e. The largest absolute Gasteiger partial charge is 0.308 e. The first-order chi connectivity index (χ1) is 21.8. The van der Waals surface area contributed by atoms with Crippen molar-refractivity contribution in [1.29, 1.82) is 0 Å². The van der Waals surface area contributed by atoms with Crippen molar-refractivity contribution in [3.8, 4) is 16.8 Å². The molecule has 0 spiro atoms. The summed E-state index contributed by atoms with van der Waals surface area (Å²) in [4.78, 5) is 6.06. The number of para-hydroxylation sites is 2. The van der Waals surface area contributed by atoms with Gasteiger partial charge in [0, 0.05) is 26.2 Å². The molecular weight excluding hydrogens is 553 g/mol. The molecule has 0 radical (unpaired) electrons. The molecule has 0 unspecified atom stereocenters. The van der Waals surface area contributed by atoms with E-state index in [1.165, 1.54) is 80.7 Å². The summed E-state index contributed by atoms with van der Waals surface area (Å²) >= 11 is 1.76. The second kappa shape index (κ2) is 9.00. The van der Waals surface area contributed by atoms with Crippen molar-refractivity contribution in [3.05, 3.63) is 146 Å². The molecule has 3 heterocycles. The number of hydrogen-bond acceptors (Lipinski definition) is 2. The summed E-state index contributed by atoms with van der Waals surface area (Å²) in [6.07, 6.45) is 2.02. The van der Waals surface area contributed by atoms with E-state index < -0.39 is 0 Å². The highest BCUT2D eigenvalue weighted by Crippen LogP contribution is 2.40. The summed E-state index contributed by atoms with van der Waals surface area (Å²) in [6, 6.07) is 51.0. The molecule has 3 aromatic heterocycles. The van der Waals surface area contributed by atoms with Crippen LogP contribution >= 0.6 is 11.3 Å². The van der Waals surface area contributed by atoms with Crippen LogP contribution in [0, 0.1) is 0 Å². The topological polar surface area (TPSA) is 17.8 Å². The zero-order valence-electron chi connectivity index (χ0n) is 23.7. The van der Waals surface area contributed by atoms with Gasteiger partial charge in [0.2, 0.25) is 0 Å². The quantitative estimate of drug-likeness (QED) is 0.187. The maximum atomic E-state index is 4.99. The molecule has 0 aliphatic heterocycles. The zero-order valence-corrected chi connectivity index (χ0v) is 24.5. The third-order valence-corrected chi connectivity index (χ3v) is 10.3. The Bertz CT molecular complexity index is 2690. The average Bonchev–Trinajstić information content (AvgIpc) is 3.63. The minimum atomic E-state index is 1.07. The summed E-state index contributed by atoms with van der Waals surface area (Å²) in [6.45, 7) is 0. The molecule has 0 bridgehead atoms. The van der Waals surface area contributed by atoms with Crippen LogP contribution in [-0.2, 0) is 0 Å². The molecule has 0 N–H and O–H groups in total. The molecule has 7 aromatic carbocycles. The number of benzene rings is 7. The van der Waals surface area contributed by atoms with Gasteiger partial charge in [-0.05, 0) is 79.8 Å². The molecule has 3 heteroatoms. The highest BCUT2D eigenvalue weighted by Gasteiger charge is 2.15. The van der Waals surface area contributed by atoms with E-state index in [0.29, 0.717) is 0 Å². The van der Waals surface area contributed by atoms with Crippen LogP contribution in [0.2, 0.25) is 0 Å². The maximum absolute atomic E-state index is 4.99. The van der Waals surface area contributed by atoms with E-state index in [2.05, 4.69) is 144 Å². The van der Waals surface area contributed by atoms with Gasteiger partial charge >= 0.3 is 0 Å². The number of pyridine rings is 1. The van der Waals surface area contributed by atoms with Gasteiger partial charge in [0.05, 0.1) is 22.9 Å². The molecule has 0 saturated heterocycles. The number of fused-ring (bicyclic) bond motifs is 12. The predicted octanol–water partition coefficient (Wildman–Crippen LogP) is 11.7. The second-order valence-corrected chi connectivity index (χ2v) is 12.6. The second-order valence-electron chi connectivity index (χ2n) is 11.6. The molecule has 44 heavy (non-hydrogen) atoms. The Hall–Kier alpha value is -5.51. The molecule has 204 valence electrons. The Morgan fingerprint density at radius 2 is 0.909 bits per heavy atom. The molecular formula is C41H24N2S. The lowest BCUT2D eigenvalue weighted by atomic mass is 9.92. The number of nitrogens with zero attached hydrogens (tertiary/aromatic N) is 2. The van der Waals surface area contributed by atoms with Crippen LogP contribution < -0.4 is 0 Å². The molecule has 0 aliphatic carbocycles. The van der Waals surface area contributed by atoms with Crippen molar-refractivity contribution in [2.75, 3.05) is 0 Å². The molecule has 0 atom stereocenters. The van der Waals surface area contributed by atoms with Crippen molar-refractivity contribution >= 4 is 85.8 Å². The standard InChI is InChI=1S/C41H24N2S/c1-2-11-30-28(9-1)29-10-3-4-12-31(29)35-21-25(17-19-32(30)35)26-18-20-40-36(22-26)37-23-27(24-42-41(37)44-40)43-38-15-7-5-13-33(38)34-14-6-8-16-39(34)43/h1-24H. The summed E-state index contributed by atoms with van der Waals surface area (Å²) in [5, 5.41) is 12.8. The van der Waals surface area contributed by atoms with Gasteiger partial charge in [0.15, 0.2) is 0 Å². The van der Waals surface area contributed by atoms with Crippen LogP contribution in [0.5, 0.6) is 0 Å². The van der Waals surface area contributed by atoms with Gasteiger partial charge in [0.25, 0.3) is 0 Å². The van der Waals surface area contributed by atoms with Gasteiger partial charge in [-0.1, -0.05) is 103 Å². The first-order valence-electron chi connectivity index (χ1n) is 15.0. The summed E-state index contributed by atoms with van der Waals surface area (Å²) in [7, 11) is 0. The van der Waals surface area contributed by atoms with Crippen molar-refractivity contribution in [2.24, 2.45) is 0 Å². The summed E-state index contributed by atoms with van der Waals surface area (Å²) in [5.74, 6) is 0. The van der Waals surface area contributed by atoms with Gasteiger partial charge in [-0.2, -0.15) is 0 Å². The fraction of sp³-hybridized carbons (Fsp3) is 0. The average molecular weight is 577 g/mol. The third kappa shape index (κ3) is 3.33. The Morgan fingerprint density at radius 1 is 0.409 bits per heavy atom. The van der Waals surface area contributed by atoms with Gasteiger partial charge in [-0.3, -0.25) is 0 Å². The molecule has 10 rings (SSSR count). The molecule has 0 amide bonds. The zero-order chi connectivity index (χ0) is 28.8. The van der Waals surface area contributed by atoms with Crippen LogP contribution in [0.15, 0.2) is 146 Å². The summed E-state index contributed by atoms with van der Waals surface area (Å²) in [5.41, 5.74) is 5.94. The third-order valence-electron chi connectivity index (χ3n) is 9.23. The van der Waals surface area contributed by atoms with Gasteiger partial charge in [0.1, 0.15) is 4.83 Å². The number of hydrogen-bond donors (Lipinski definition) is 0. The number of thiophene rings is 1. The smallest absolute Gasteiger partial charge is 0.124 e. The molecule has 0 aliphatic rings. The maximum Gasteiger partial charge on any atom is 0.124 e. The normalized spacial score (nSPS) is 12.1. The van der Waals surface area contributed by atoms with Crippen LogP contribution in [0.1, 0.15) is 0 Å². The van der Waals surface area contributed by atoms with E-state index in [4.69, 9.17) is 4.98 Å². The van der Waals surface area contributed by atoms with E-state index in [-0.39, 0.29) is 0 Å². The fourth-order valence-corrected chi connectivity index (χ4v) is 8.25. The Kier molecular flexibility index (Phi) is 4.90. The first kappa shape index (κ1) is 24.0. The molecule has 0 saturated carbocycles. The lowest BCUT2D eigenvalue weighted by molar-refractivity contribution is 1.16. The lowest BCUT2D eigenvalue weighted by Gasteiger charge is -2.12. The number of rotatable bonds is 2. The van der Waals surface area contributed by atoms with E-state index >= 15 is 0 Å². The predicted molar refractivity (Wildman–Crippen MR) is 189 cm³/mol. The summed E-state index contributed by atoms with van der Waals surface area (Å²) < 4.78 is 3.61. The highest BCUT2D eigenvalue weighted by molar-refractivity contribution is 7.25. The fourth-order valence-electron chi connectivity index (χ4n) is 7.24. The van der Waals surface area contributed by atoms with Crippen molar-refractivity contribution in [2.45, 2.75) is 0 Å². The van der Waals surface area contributed by atoms with Crippen LogP contribution in [0.4, 0.5) is 0 Å². The van der Waals surface area contributed by atoms with Crippen molar-refractivity contribution in [3.63, 3.8) is 0 Å². The SMILES string of the molecule is c1ccc2c(c1)c1ccccc1c1cc(-c3ccc4sc5ncc(-n6c7ccccc7c7ccccc76)cc5c4c3)ccc21. The highest BCUT2D eigenvalue weighted by atomic mass is 32.1. The van der Waals surface area contributed by atoms with E-state index in [1.807, 2.05) is 6.20 Å². The lowest BCUT2D eigenvalue weighted by Crippen LogP contribution is -1.94. The first-order valence-corrected chi connectivity index (χ1v) is 15.8. The Balaban J connectivity index is 1.19. The monoisotopic (exact) mass is 576 g/mol. The van der Waals surface area contributed by atoms with Crippen LogP contribution in [0.25, 0.3) is 91.2 Å². The minimum absolute atomic E-state index is 1.07. The Labute approximate surface area is 257 Å². The van der Waals surface area contributed by atoms with Gasteiger partial charge in [-0.15, -0.1) is 11.3 Å². The van der Waals surface area contributed by atoms with E-state index in [9.17, 15) is 0 Å². The Morgan fingerprint density at radius 3 is 1.55 bits per heavy atom. The van der Waals surface area contributed by atoms with Crippen LogP contribution in [0.3, 0.4) is 0 Å². The van der Waals surface area contributed by atoms with E-state index in [0.717, 1.165) is 10.5 Å². The molecule has 10 aromatic rings. The molecule has 2 nitrogen and oxygen atoms in total. The number of aromatic nitrogens is 2. The van der Waals surface area contributed by atoms with Crippen molar-refractivity contribution < 1.29 is 0 Å². The van der Waals surface area contributed by atoms with Crippen molar-refractivity contribution in [1.82, 2.24) is 9.55 Å². The van der Waals surface area contributed by atoms with Gasteiger partial charge in [-0.25, -0.2) is 4.98 Å². The van der Waals surface area contributed by atoms with E-state index in [1.54, 1.807) is 11.3 Å². The van der Waals surface area contributed by atoms with Gasteiger partial charge < -0.3 is 4.57 Å².